The highest BCUT2D eigenvalue weighted by Crippen LogP contribution is 2.15. The predicted molar refractivity (Wildman–Crippen MR) is 85.9 cm³/mol. The number of hydrogen-bond donors (Lipinski definition) is 2. The van der Waals surface area contributed by atoms with E-state index in [0.29, 0.717) is 0 Å². The van der Waals surface area contributed by atoms with E-state index >= 15 is 0 Å². The molecule has 0 aromatic heterocycles. The van der Waals surface area contributed by atoms with Crippen LogP contribution in [0.3, 0.4) is 0 Å². The third kappa shape index (κ3) is 5.33. The number of halogens is 1. The van der Waals surface area contributed by atoms with Crippen LogP contribution in [0.5, 0.6) is 0 Å². The summed E-state index contributed by atoms with van der Waals surface area (Å²) in [5.74, 6) is -0.110. The maximum atomic E-state index is 11.7. The summed E-state index contributed by atoms with van der Waals surface area (Å²) in [6.07, 6.45) is 6.95. The second-order valence-electron chi connectivity index (χ2n) is 4.99. The molecule has 0 aliphatic heterocycles. The van der Waals surface area contributed by atoms with Crippen molar-refractivity contribution >= 4 is 33.2 Å². The highest BCUT2D eigenvalue weighted by molar-refractivity contribution is 9.10. The average Bonchev–Trinajstić information content (AvgIpc) is 2.71. The molecule has 0 saturated heterocycles. The van der Waals surface area contributed by atoms with Crippen molar-refractivity contribution in [2.24, 2.45) is 5.10 Å². The van der Waals surface area contributed by atoms with Crippen molar-refractivity contribution in [2.75, 3.05) is 11.9 Å². The van der Waals surface area contributed by atoms with Crippen LogP contribution >= 0.6 is 15.9 Å². The maximum absolute atomic E-state index is 11.7. The first-order valence-electron chi connectivity index (χ1n) is 7.08. The van der Waals surface area contributed by atoms with Crippen molar-refractivity contribution in [1.29, 1.82) is 0 Å². The van der Waals surface area contributed by atoms with Crippen molar-refractivity contribution in [2.45, 2.75) is 38.5 Å². The Morgan fingerprint density at radius 1 is 1.20 bits per heavy atom. The molecule has 108 valence electrons. The number of nitrogens with zero attached hydrogens (tertiary/aromatic N) is 1. The molecular formula is C15H20BrN3O. The van der Waals surface area contributed by atoms with Crippen LogP contribution in [0.15, 0.2) is 33.8 Å². The lowest BCUT2D eigenvalue weighted by atomic mass is 10.2. The van der Waals surface area contributed by atoms with Gasteiger partial charge in [0.1, 0.15) is 0 Å². The summed E-state index contributed by atoms with van der Waals surface area (Å²) >= 11 is 3.40. The second-order valence-corrected chi connectivity index (χ2v) is 5.91. The van der Waals surface area contributed by atoms with E-state index in [1.54, 1.807) is 0 Å². The standard InChI is InChI=1S/C15H20BrN3O/c16-12-6-5-9-14(10-12)17-11-15(20)19-18-13-7-3-1-2-4-8-13/h5-6,9-10,17H,1-4,7-8,11H2,(H,19,20). The number of carbonyl (C=O) groups excluding carboxylic acids is 1. The van der Waals surface area contributed by atoms with Crippen LogP contribution in [-0.4, -0.2) is 18.2 Å². The van der Waals surface area contributed by atoms with Crippen LogP contribution in [0.25, 0.3) is 0 Å². The minimum Gasteiger partial charge on any atom is -0.376 e. The largest absolute Gasteiger partial charge is 0.376 e. The molecule has 5 heteroatoms. The van der Waals surface area contributed by atoms with Gasteiger partial charge in [-0.3, -0.25) is 4.79 Å². The van der Waals surface area contributed by atoms with Gasteiger partial charge in [-0.05, 0) is 43.9 Å². The second kappa shape index (κ2) is 8.04. The van der Waals surface area contributed by atoms with Gasteiger partial charge in [-0.1, -0.05) is 34.8 Å². The summed E-state index contributed by atoms with van der Waals surface area (Å²) < 4.78 is 0.988. The zero-order valence-electron chi connectivity index (χ0n) is 11.5. The van der Waals surface area contributed by atoms with E-state index in [-0.39, 0.29) is 12.5 Å². The Bertz CT molecular complexity index is 478. The van der Waals surface area contributed by atoms with Crippen LogP contribution < -0.4 is 10.7 Å². The molecule has 1 fully saturated rings. The molecule has 1 aromatic rings. The molecule has 1 saturated carbocycles. The molecule has 0 radical (unpaired) electrons. The van der Waals surface area contributed by atoms with E-state index in [9.17, 15) is 4.79 Å². The molecule has 1 aliphatic rings. The van der Waals surface area contributed by atoms with Crippen LogP contribution in [0, 0.1) is 0 Å². The maximum Gasteiger partial charge on any atom is 0.259 e. The lowest BCUT2D eigenvalue weighted by Crippen LogP contribution is -2.26. The Labute approximate surface area is 128 Å². The molecule has 0 atom stereocenters. The summed E-state index contributed by atoms with van der Waals surface area (Å²) in [7, 11) is 0. The smallest absolute Gasteiger partial charge is 0.259 e. The number of hydrogen-bond acceptors (Lipinski definition) is 3. The lowest BCUT2D eigenvalue weighted by Gasteiger charge is -2.06. The summed E-state index contributed by atoms with van der Waals surface area (Å²) in [5, 5.41) is 7.31. The van der Waals surface area contributed by atoms with E-state index in [0.717, 1.165) is 28.7 Å². The van der Waals surface area contributed by atoms with Gasteiger partial charge in [0.05, 0.1) is 6.54 Å². The van der Waals surface area contributed by atoms with E-state index in [1.807, 2.05) is 24.3 Å². The van der Waals surface area contributed by atoms with Gasteiger partial charge in [-0.15, -0.1) is 0 Å². The van der Waals surface area contributed by atoms with E-state index in [4.69, 9.17) is 0 Å². The summed E-state index contributed by atoms with van der Waals surface area (Å²) in [6, 6.07) is 7.74. The van der Waals surface area contributed by atoms with Crippen molar-refractivity contribution in [3.05, 3.63) is 28.7 Å². The number of hydrazone groups is 1. The molecule has 1 aliphatic carbocycles. The van der Waals surface area contributed by atoms with Crippen molar-refractivity contribution in [3.8, 4) is 0 Å². The van der Waals surface area contributed by atoms with Gasteiger partial charge in [0.15, 0.2) is 0 Å². The Kier molecular flexibility index (Phi) is 6.05. The average molecular weight is 338 g/mol. The molecule has 2 N–H and O–H groups in total. The highest BCUT2D eigenvalue weighted by atomic mass is 79.9. The zero-order chi connectivity index (χ0) is 14.2. The fourth-order valence-corrected chi connectivity index (χ4v) is 2.61. The number of carbonyl (C=O) groups is 1. The zero-order valence-corrected chi connectivity index (χ0v) is 13.1. The summed E-state index contributed by atoms with van der Waals surface area (Å²) in [5.41, 5.74) is 4.68. The topological polar surface area (TPSA) is 53.5 Å². The fourth-order valence-electron chi connectivity index (χ4n) is 2.21. The Morgan fingerprint density at radius 3 is 2.65 bits per heavy atom. The van der Waals surface area contributed by atoms with Crippen molar-refractivity contribution < 1.29 is 4.79 Å². The van der Waals surface area contributed by atoms with Crippen LogP contribution in [0.2, 0.25) is 0 Å². The molecule has 0 heterocycles. The first kappa shape index (κ1) is 15.0. The number of rotatable bonds is 4. The minimum absolute atomic E-state index is 0.110. The van der Waals surface area contributed by atoms with Gasteiger partial charge in [0, 0.05) is 15.9 Å². The van der Waals surface area contributed by atoms with Gasteiger partial charge in [-0.25, -0.2) is 5.43 Å². The molecule has 4 nitrogen and oxygen atoms in total. The van der Waals surface area contributed by atoms with E-state index in [1.165, 1.54) is 25.7 Å². The molecular weight excluding hydrogens is 318 g/mol. The predicted octanol–water partition coefficient (Wildman–Crippen LogP) is 3.69. The molecule has 0 unspecified atom stereocenters. The van der Waals surface area contributed by atoms with Crippen molar-refractivity contribution in [1.82, 2.24) is 5.43 Å². The normalized spacial score (nSPS) is 15.3. The fraction of sp³-hybridized carbons (Fsp3) is 0.467. The Balaban J connectivity index is 1.76. The summed E-state index contributed by atoms with van der Waals surface area (Å²) in [4.78, 5) is 11.7. The number of anilines is 1. The molecule has 1 aromatic carbocycles. The first-order chi connectivity index (χ1) is 9.74. The number of nitrogens with one attached hydrogen (secondary N) is 2. The van der Waals surface area contributed by atoms with E-state index < -0.39 is 0 Å². The highest BCUT2D eigenvalue weighted by Gasteiger charge is 2.06. The third-order valence-electron chi connectivity index (χ3n) is 3.30. The van der Waals surface area contributed by atoms with Gasteiger partial charge in [0.25, 0.3) is 5.91 Å². The van der Waals surface area contributed by atoms with Gasteiger partial charge in [0.2, 0.25) is 0 Å². The summed E-state index contributed by atoms with van der Waals surface area (Å²) in [6.45, 7) is 0.229. The minimum atomic E-state index is -0.110. The van der Waals surface area contributed by atoms with Gasteiger partial charge >= 0.3 is 0 Å². The molecule has 1 amide bonds. The quantitative estimate of drug-likeness (QED) is 0.650. The Morgan fingerprint density at radius 2 is 1.95 bits per heavy atom. The number of benzene rings is 1. The third-order valence-corrected chi connectivity index (χ3v) is 3.79. The van der Waals surface area contributed by atoms with Crippen LogP contribution in [0.1, 0.15) is 38.5 Å². The first-order valence-corrected chi connectivity index (χ1v) is 7.87. The molecule has 20 heavy (non-hydrogen) atoms. The monoisotopic (exact) mass is 337 g/mol. The molecule has 0 bridgehead atoms. The lowest BCUT2D eigenvalue weighted by molar-refractivity contribution is -0.119. The molecule has 2 rings (SSSR count). The Hall–Kier alpha value is -1.36. The van der Waals surface area contributed by atoms with Gasteiger partial charge < -0.3 is 5.32 Å². The van der Waals surface area contributed by atoms with Crippen LogP contribution in [0.4, 0.5) is 5.69 Å². The SMILES string of the molecule is O=C(CNc1cccc(Br)c1)NN=C1CCCCCC1. The van der Waals surface area contributed by atoms with E-state index in [2.05, 4.69) is 31.8 Å². The van der Waals surface area contributed by atoms with Crippen molar-refractivity contribution in [3.63, 3.8) is 0 Å². The number of amides is 1. The van der Waals surface area contributed by atoms with Gasteiger partial charge in [-0.2, -0.15) is 5.10 Å². The van der Waals surface area contributed by atoms with Crippen LogP contribution in [-0.2, 0) is 4.79 Å². The molecule has 0 spiro atoms.